The number of aliphatic hydroxyl groups is 1. The van der Waals surface area contributed by atoms with Crippen molar-refractivity contribution in [3.63, 3.8) is 0 Å². The van der Waals surface area contributed by atoms with E-state index in [9.17, 15) is 5.11 Å². The summed E-state index contributed by atoms with van der Waals surface area (Å²) in [6.45, 7) is 13.3. The summed E-state index contributed by atoms with van der Waals surface area (Å²) in [5.74, 6) is 0.800. The highest BCUT2D eigenvalue weighted by Crippen LogP contribution is 2.41. The maximum absolute atomic E-state index is 11.5. The number of thioether (sulfide) groups is 1. The molecule has 0 aliphatic carbocycles. The SMILES string of the molecule is COc1ccc(CO[C@@H]2[C@H](O)[C@@H](O[Si](C)(C)C(C)(C)C)[C@H](C)O[C@H]2Sc2ccccc2)cc1. The third-order valence-electron chi connectivity index (χ3n) is 6.59. The second kappa shape index (κ2) is 10.9. The van der Waals surface area contributed by atoms with Crippen molar-refractivity contribution in [3.8, 4) is 5.75 Å². The first kappa shape index (κ1) is 26.3. The van der Waals surface area contributed by atoms with Crippen LogP contribution in [0.15, 0.2) is 59.5 Å². The van der Waals surface area contributed by atoms with Gasteiger partial charge in [-0.05, 0) is 54.9 Å². The van der Waals surface area contributed by atoms with E-state index in [4.69, 9.17) is 18.6 Å². The summed E-state index contributed by atoms with van der Waals surface area (Å²) >= 11 is 1.58. The monoisotopic (exact) mass is 490 g/mol. The number of ether oxygens (including phenoxy) is 3. The lowest BCUT2D eigenvalue weighted by Gasteiger charge is -2.48. The molecular weight excluding hydrogens is 452 g/mol. The Hall–Kier alpha value is -1.35. The van der Waals surface area contributed by atoms with E-state index in [1.54, 1.807) is 18.9 Å². The highest BCUT2D eigenvalue weighted by molar-refractivity contribution is 7.99. The van der Waals surface area contributed by atoms with Gasteiger partial charge in [0.05, 0.1) is 25.9 Å². The van der Waals surface area contributed by atoms with Crippen LogP contribution in [0, 0.1) is 0 Å². The molecule has 0 amide bonds. The molecule has 5 atom stereocenters. The Labute approximate surface area is 203 Å². The van der Waals surface area contributed by atoms with E-state index >= 15 is 0 Å². The average Bonchev–Trinajstić information content (AvgIpc) is 2.76. The molecule has 1 N–H and O–H groups in total. The van der Waals surface area contributed by atoms with Gasteiger partial charge in [-0.15, -0.1) is 0 Å². The molecule has 0 unspecified atom stereocenters. The second-order valence-electron chi connectivity index (χ2n) is 10.1. The molecule has 182 valence electrons. The van der Waals surface area contributed by atoms with E-state index in [2.05, 4.69) is 33.9 Å². The molecule has 5 nitrogen and oxygen atoms in total. The van der Waals surface area contributed by atoms with E-state index in [1.165, 1.54) is 0 Å². The normalized spacial score (nSPS) is 26.2. The van der Waals surface area contributed by atoms with E-state index in [1.807, 2.05) is 61.5 Å². The van der Waals surface area contributed by atoms with E-state index in [-0.39, 0.29) is 16.6 Å². The number of methoxy groups -OCH3 is 1. The first-order chi connectivity index (χ1) is 15.5. The summed E-state index contributed by atoms with van der Waals surface area (Å²) in [6.07, 6.45) is -2.04. The Bertz CT molecular complexity index is 869. The molecule has 1 aliphatic heterocycles. The Morgan fingerprint density at radius 2 is 1.64 bits per heavy atom. The van der Waals surface area contributed by atoms with Gasteiger partial charge in [0, 0.05) is 4.90 Å². The quantitative estimate of drug-likeness (QED) is 0.467. The zero-order valence-electron chi connectivity index (χ0n) is 20.8. The standard InChI is InChI=1S/C26H38O5SSi/c1-18-23(31-33(6,7)26(2,3)4)22(27)24(25(30-18)32-21-11-9-8-10-12-21)29-17-19-13-15-20(28-5)16-14-19/h8-16,18,22-25,27H,17H2,1-7H3/t18-,22+,23-,24+,25-/m0/s1. The van der Waals surface area contributed by atoms with Crippen molar-refractivity contribution in [3.05, 3.63) is 60.2 Å². The Morgan fingerprint density at radius 3 is 2.21 bits per heavy atom. The number of hydrogen-bond acceptors (Lipinski definition) is 6. The summed E-state index contributed by atoms with van der Waals surface area (Å²) in [4.78, 5) is 1.07. The van der Waals surface area contributed by atoms with Crippen LogP contribution in [0.5, 0.6) is 5.75 Å². The number of benzene rings is 2. The van der Waals surface area contributed by atoms with Gasteiger partial charge in [-0.2, -0.15) is 0 Å². The maximum Gasteiger partial charge on any atom is 0.192 e. The fourth-order valence-electron chi connectivity index (χ4n) is 3.49. The second-order valence-corrected chi connectivity index (χ2v) is 16.0. The van der Waals surface area contributed by atoms with E-state index < -0.39 is 26.6 Å². The summed E-state index contributed by atoms with van der Waals surface area (Å²) in [5.41, 5.74) is 0.655. The fourth-order valence-corrected chi connectivity index (χ4v) is 6.05. The van der Waals surface area contributed by atoms with Crippen LogP contribution in [0.4, 0.5) is 0 Å². The lowest BCUT2D eigenvalue weighted by Crippen LogP contribution is -2.61. The van der Waals surface area contributed by atoms with Crippen molar-refractivity contribution in [2.24, 2.45) is 0 Å². The minimum Gasteiger partial charge on any atom is -0.497 e. The number of aliphatic hydroxyl groups excluding tert-OH is 1. The summed E-state index contributed by atoms with van der Waals surface area (Å²) in [7, 11) is -0.466. The lowest BCUT2D eigenvalue weighted by molar-refractivity contribution is -0.206. The van der Waals surface area contributed by atoms with Crippen LogP contribution in [0.1, 0.15) is 33.3 Å². The van der Waals surface area contributed by atoms with Crippen molar-refractivity contribution < 1.29 is 23.7 Å². The molecule has 1 heterocycles. The van der Waals surface area contributed by atoms with Gasteiger partial charge >= 0.3 is 0 Å². The molecule has 1 aliphatic rings. The molecule has 0 bridgehead atoms. The van der Waals surface area contributed by atoms with E-state index in [0.29, 0.717) is 6.61 Å². The molecule has 2 aromatic carbocycles. The highest BCUT2D eigenvalue weighted by atomic mass is 32.2. The van der Waals surface area contributed by atoms with Gasteiger partial charge in [-0.25, -0.2) is 0 Å². The van der Waals surface area contributed by atoms with Crippen molar-refractivity contribution >= 4 is 20.1 Å². The van der Waals surface area contributed by atoms with Gasteiger partial charge < -0.3 is 23.7 Å². The van der Waals surface area contributed by atoms with E-state index in [0.717, 1.165) is 16.2 Å². The first-order valence-corrected chi connectivity index (χ1v) is 15.3. The molecule has 0 aromatic heterocycles. The van der Waals surface area contributed by atoms with Gasteiger partial charge in [-0.3, -0.25) is 0 Å². The van der Waals surface area contributed by atoms with Crippen LogP contribution in [0.25, 0.3) is 0 Å². The molecule has 0 spiro atoms. The zero-order valence-corrected chi connectivity index (χ0v) is 22.6. The van der Waals surface area contributed by atoms with Gasteiger partial charge in [0.1, 0.15) is 23.4 Å². The predicted octanol–water partition coefficient (Wildman–Crippen LogP) is 5.87. The van der Waals surface area contributed by atoms with Crippen molar-refractivity contribution in [1.82, 2.24) is 0 Å². The Balaban J connectivity index is 1.80. The van der Waals surface area contributed by atoms with Crippen LogP contribution in [0.2, 0.25) is 18.1 Å². The molecule has 7 heteroatoms. The predicted molar refractivity (Wildman–Crippen MR) is 136 cm³/mol. The summed E-state index contributed by atoms with van der Waals surface area (Å²) in [6, 6.07) is 17.9. The molecular formula is C26H38O5SSi. The summed E-state index contributed by atoms with van der Waals surface area (Å²) in [5, 5.41) is 11.5. The third kappa shape index (κ3) is 6.62. The topological polar surface area (TPSA) is 57.2 Å². The largest absolute Gasteiger partial charge is 0.497 e. The van der Waals surface area contributed by atoms with Crippen LogP contribution >= 0.6 is 11.8 Å². The van der Waals surface area contributed by atoms with Crippen LogP contribution < -0.4 is 4.74 Å². The third-order valence-corrected chi connectivity index (χ3v) is 12.2. The van der Waals surface area contributed by atoms with Crippen molar-refractivity contribution in [2.45, 2.75) is 87.2 Å². The Morgan fingerprint density at radius 1 is 1.00 bits per heavy atom. The van der Waals surface area contributed by atoms with Gasteiger partial charge in [0.15, 0.2) is 8.32 Å². The average molecular weight is 491 g/mol. The maximum atomic E-state index is 11.5. The van der Waals surface area contributed by atoms with Gasteiger partial charge in [0.2, 0.25) is 0 Å². The van der Waals surface area contributed by atoms with Crippen LogP contribution in [-0.2, 0) is 20.5 Å². The van der Waals surface area contributed by atoms with Crippen LogP contribution in [0.3, 0.4) is 0 Å². The first-order valence-electron chi connectivity index (χ1n) is 11.5. The van der Waals surface area contributed by atoms with Crippen molar-refractivity contribution in [2.75, 3.05) is 7.11 Å². The minimum absolute atomic E-state index is 0.0293. The number of rotatable bonds is 8. The van der Waals surface area contributed by atoms with Crippen LogP contribution in [-0.4, -0.2) is 50.4 Å². The molecule has 3 rings (SSSR count). The van der Waals surface area contributed by atoms with Gasteiger partial charge in [-0.1, -0.05) is 62.9 Å². The van der Waals surface area contributed by atoms with Gasteiger partial charge in [0.25, 0.3) is 0 Å². The summed E-state index contributed by atoms with van der Waals surface area (Å²) < 4.78 is 24.6. The van der Waals surface area contributed by atoms with Crippen molar-refractivity contribution in [1.29, 1.82) is 0 Å². The lowest BCUT2D eigenvalue weighted by atomic mass is 10.0. The Kier molecular flexibility index (Phi) is 8.69. The minimum atomic E-state index is -2.12. The molecule has 1 fully saturated rings. The molecule has 33 heavy (non-hydrogen) atoms. The zero-order chi connectivity index (χ0) is 24.2. The highest BCUT2D eigenvalue weighted by Gasteiger charge is 2.49. The molecule has 0 radical (unpaired) electrons. The molecule has 1 saturated heterocycles. The fraction of sp³-hybridized carbons (Fsp3) is 0.538. The molecule has 0 saturated carbocycles. The number of hydrogen-bond donors (Lipinski definition) is 1. The smallest absolute Gasteiger partial charge is 0.192 e. The molecule has 2 aromatic rings.